The average Bonchev–Trinajstić information content (AvgIpc) is 2.76. The molecular formula is C20H39NO3Si2. The Balaban J connectivity index is 2.99. The Morgan fingerprint density at radius 2 is 1.31 bits per heavy atom. The van der Waals surface area contributed by atoms with Crippen LogP contribution in [0, 0.1) is 6.92 Å². The molecule has 0 aliphatic heterocycles. The summed E-state index contributed by atoms with van der Waals surface area (Å²) in [6.45, 7) is 25.4. The summed E-state index contributed by atoms with van der Waals surface area (Å²) in [6.07, 6.45) is 0.896. The van der Waals surface area contributed by atoms with Gasteiger partial charge in [-0.1, -0.05) is 41.5 Å². The molecule has 0 saturated heterocycles. The van der Waals surface area contributed by atoms with Crippen molar-refractivity contribution in [3.63, 3.8) is 0 Å². The van der Waals surface area contributed by atoms with Crippen molar-refractivity contribution >= 4 is 22.9 Å². The predicted molar refractivity (Wildman–Crippen MR) is 115 cm³/mol. The van der Waals surface area contributed by atoms with E-state index in [-0.39, 0.29) is 10.1 Å². The molecule has 0 bridgehead atoms. The van der Waals surface area contributed by atoms with E-state index in [1.54, 1.807) is 0 Å². The fourth-order valence-corrected chi connectivity index (χ4v) is 3.96. The molecule has 1 heterocycles. The molecule has 0 unspecified atom stereocenters. The van der Waals surface area contributed by atoms with Crippen LogP contribution >= 0.6 is 0 Å². The Bertz CT molecular complexity index is 635. The first-order valence-corrected chi connectivity index (χ1v) is 15.3. The number of nitrogens with one attached hydrogen (secondary N) is 1. The molecule has 1 aromatic rings. The Morgan fingerprint density at radius 1 is 0.885 bits per heavy atom. The van der Waals surface area contributed by atoms with E-state index in [0.29, 0.717) is 18.9 Å². The van der Waals surface area contributed by atoms with Gasteiger partial charge in [-0.05, 0) is 48.8 Å². The van der Waals surface area contributed by atoms with Crippen LogP contribution in [0.3, 0.4) is 0 Å². The highest BCUT2D eigenvalue weighted by Crippen LogP contribution is 2.38. The van der Waals surface area contributed by atoms with E-state index in [4.69, 9.17) is 8.85 Å². The summed E-state index contributed by atoms with van der Waals surface area (Å²) >= 11 is 0. The number of rotatable bonds is 7. The number of hydrogen-bond donors (Lipinski definition) is 1. The first kappa shape index (κ1) is 23.3. The second-order valence-electron chi connectivity index (χ2n) is 10.3. The van der Waals surface area contributed by atoms with Gasteiger partial charge in [-0.2, -0.15) is 0 Å². The molecule has 0 radical (unpaired) electrons. The standard InChI is InChI=1S/C20H39NO3Si2/c1-15-16(13-23-25(8,9)19(2,3)4)17(12-22)21-18(15)14-24-26(10,11)20(5,6)7/h12,21H,13-14H2,1-11H3. The van der Waals surface area contributed by atoms with Gasteiger partial charge in [-0.25, -0.2) is 0 Å². The van der Waals surface area contributed by atoms with E-state index < -0.39 is 16.6 Å². The summed E-state index contributed by atoms with van der Waals surface area (Å²) in [4.78, 5) is 14.8. The Kier molecular flexibility index (Phi) is 6.95. The SMILES string of the molecule is Cc1c(CO[Si](C)(C)C(C)(C)C)[nH]c(C=O)c1CO[Si](C)(C)C(C)(C)C. The smallest absolute Gasteiger partial charge is 0.192 e. The van der Waals surface area contributed by atoms with E-state index in [1.165, 1.54) is 0 Å². The molecule has 0 aromatic carbocycles. The highest BCUT2D eigenvalue weighted by atomic mass is 28.4. The Labute approximate surface area is 162 Å². The molecule has 1 rings (SSSR count). The van der Waals surface area contributed by atoms with Crippen LogP contribution < -0.4 is 0 Å². The number of H-pyrrole nitrogens is 1. The number of aromatic amines is 1. The highest BCUT2D eigenvalue weighted by molar-refractivity contribution is 6.74. The van der Waals surface area contributed by atoms with E-state index >= 15 is 0 Å². The highest BCUT2D eigenvalue weighted by Gasteiger charge is 2.38. The maximum Gasteiger partial charge on any atom is 0.192 e. The lowest BCUT2D eigenvalue weighted by Gasteiger charge is -2.36. The van der Waals surface area contributed by atoms with Crippen LogP contribution in [0.1, 0.15) is 68.9 Å². The summed E-state index contributed by atoms with van der Waals surface area (Å²) in [7, 11) is -3.70. The second kappa shape index (κ2) is 7.74. The van der Waals surface area contributed by atoms with Crippen molar-refractivity contribution in [2.24, 2.45) is 0 Å². The van der Waals surface area contributed by atoms with Crippen molar-refractivity contribution in [1.82, 2.24) is 4.98 Å². The number of carbonyl (C=O) groups excluding carboxylic acids is 1. The van der Waals surface area contributed by atoms with Gasteiger partial charge in [0.2, 0.25) is 0 Å². The number of aldehydes is 1. The molecule has 4 nitrogen and oxygen atoms in total. The number of hydrogen-bond acceptors (Lipinski definition) is 3. The monoisotopic (exact) mass is 397 g/mol. The van der Waals surface area contributed by atoms with Crippen LogP contribution in [0.15, 0.2) is 0 Å². The zero-order valence-electron chi connectivity index (χ0n) is 18.7. The second-order valence-corrected chi connectivity index (χ2v) is 20.0. The molecule has 0 amide bonds. The largest absolute Gasteiger partial charge is 0.412 e. The maximum absolute atomic E-state index is 11.6. The first-order valence-electron chi connectivity index (χ1n) is 9.47. The molecule has 1 N–H and O–H groups in total. The van der Waals surface area contributed by atoms with Crippen molar-refractivity contribution in [2.75, 3.05) is 0 Å². The molecule has 0 spiro atoms. The van der Waals surface area contributed by atoms with Gasteiger partial charge in [0.1, 0.15) is 0 Å². The first-order chi connectivity index (χ1) is 11.5. The number of aromatic nitrogens is 1. The molecule has 6 heteroatoms. The average molecular weight is 398 g/mol. The minimum absolute atomic E-state index is 0.146. The van der Waals surface area contributed by atoms with Gasteiger partial charge < -0.3 is 13.8 Å². The molecule has 0 aliphatic rings. The normalized spacial score (nSPS) is 14.0. The Morgan fingerprint density at radius 3 is 1.69 bits per heavy atom. The third-order valence-corrected chi connectivity index (χ3v) is 15.4. The van der Waals surface area contributed by atoms with E-state index in [9.17, 15) is 4.79 Å². The van der Waals surface area contributed by atoms with Gasteiger partial charge in [0, 0.05) is 11.3 Å². The van der Waals surface area contributed by atoms with Crippen molar-refractivity contribution < 1.29 is 13.6 Å². The molecular weight excluding hydrogens is 358 g/mol. The van der Waals surface area contributed by atoms with Crippen molar-refractivity contribution in [2.45, 2.75) is 97.9 Å². The molecule has 26 heavy (non-hydrogen) atoms. The lowest BCUT2D eigenvalue weighted by atomic mass is 10.1. The van der Waals surface area contributed by atoms with Crippen LogP contribution in [0.2, 0.25) is 36.3 Å². The summed E-state index contributed by atoms with van der Waals surface area (Å²) in [5.41, 5.74) is 3.67. The van der Waals surface area contributed by atoms with E-state index in [0.717, 1.165) is 23.1 Å². The van der Waals surface area contributed by atoms with Crippen LogP contribution in [0.25, 0.3) is 0 Å². The van der Waals surface area contributed by atoms with Crippen LogP contribution in [0.4, 0.5) is 0 Å². The minimum atomic E-state index is -1.86. The van der Waals surface area contributed by atoms with Crippen LogP contribution in [-0.2, 0) is 22.1 Å². The van der Waals surface area contributed by atoms with Crippen molar-refractivity contribution in [3.8, 4) is 0 Å². The summed E-state index contributed by atoms with van der Waals surface area (Å²) in [5.74, 6) is 0. The Hall–Kier alpha value is -0.696. The summed E-state index contributed by atoms with van der Waals surface area (Å²) in [5, 5.41) is 0.308. The van der Waals surface area contributed by atoms with Gasteiger partial charge in [-0.3, -0.25) is 4.79 Å². The summed E-state index contributed by atoms with van der Waals surface area (Å²) < 4.78 is 12.7. The fourth-order valence-electron chi connectivity index (χ4n) is 2.09. The fraction of sp³-hybridized carbons (Fsp3) is 0.750. The molecule has 150 valence electrons. The lowest BCUT2D eigenvalue weighted by molar-refractivity contribution is 0.111. The maximum atomic E-state index is 11.6. The zero-order chi connectivity index (χ0) is 20.6. The molecule has 0 aliphatic carbocycles. The van der Waals surface area contributed by atoms with Gasteiger partial charge in [0.05, 0.1) is 18.9 Å². The quantitative estimate of drug-likeness (QED) is 0.441. The topological polar surface area (TPSA) is 51.3 Å². The van der Waals surface area contributed by atoms with Gasteiger partial charge in [0.15, 0.2) is 22.9 Å². The molecule has 1 aromatic heterocycles. The van der Waals surface area contributed by atoms with Gasteiger partial charge in [-0.15, -0.1) is 0 Å². The molecule has 0 atom stereocenters. The minimum Gasteiger partial charge on any atom is -0.412 e. The number of carbonyl (C=O) groups is 1. The molecule has 0 fully saturated rings. The van der Waals surface area contributed by atoms with Gasteiger partial charge >= 0.3 is 0 Å². The van der Waals surface area contributed by atoms with E-state index in [1.807, 2.05) is 0 Å². The zero-order valence-corrected chi connectivity index (χ0v) is 20.7. The van der Waals surface area contributed by atoms with Crippen LogP contribution in [0.5, 0.6) is 0 Å². The third kappa shape index (κ3) is 5.18. The van der Waals surface area contributed by atoms with Gasteiger partial charge in [0.25, 0.3) is 0 Å². The third-order valence-electron chi connectivity index (χ3n) is 6.40. The predicted octanol–water partition coefficient (Wildman–Crippen LogP) is 6.18. The molecule has 0 saturated carbocycles. The van der Waals surface area contributed by atoms with Crippen LogP contribution in [-0.4, -0.2) is 27.9 Å². The van der Waals surface area contributed by atoms with Crippen molar-refractivity contribution in [3.05, 3.63) is 22.5 Å². The lowest BCUT2D eigenvalue weighted by Crippen LogP contribution is -2.40. The summed E-state index contributed by atoms with van der Waals surface area (Å²) in [6, 6.07) is 0. The van der Waals surface area contributed by atoms with Crippen molar-refractivity contribution in [1.29, 1.82) is 0 Å². The van der Waals surface area contributed by atoms with E-state index in [2.05, 4.69) is 79.6 Å².